The fourth-order valence-corrected chi connectivity index (χ4v) is 2.58. The highest BCUT2D eigenvalue weighted by molar-refractivity contribution is 5.57. The molecule has 3 rings (SSSR count). The Morgan fingerprint density at radius 2 is 1.89 bits per heavy atom. The normalized spacial score (nSPS) is 10.8. The van der Waals surface area contributed by atoms with Gasteiger partial charge in [-0.15, -0.1) is 10.2 Å². The van der Waals surface area contributed by atoms with E-state index in [-0.39, 0.29) is 17.2 Å². The van der Waals surface area contributed by atoms with Crippen molar-refractivity contribution < 1.29 is 4.92 Å². The molecular formula is C19H19N5O3. The van der Waals surface area contributed by atoms with Gasteiger partial charge >= 0.3 is 0 Å². The SMILES string of the molecule is CC(C)c1ccc(Cc2nnc(Nc3cccc([N+](=O)[O-])c3)[nH]c2=O)cc1. The average molecular weight is 365 g/mol. The maximum absolute atomic E-state index is 12.3. The molecule has 0 saturated carbocycles. The zero-order valence-electron chi connectivity index (χ0n) is 15.0. The van der Waals surface area contributed by atoms with Crippen LogP contribution in [0.1, 0.15) is 36.6 Å². The first-order valence-corrected chi connectivity index (χ1v) is 8.48. The average Bonchev–Trinajstić information content (AvgIpc) is 2.64. The molecule has 138 valence electrons. The van der Waals surface area contributed by atoms with Crippen molar-refractivity contribution in [2.75, 3.05) is 5.32 Å². The number of nitrogens with zero attached hydrogens (tertiary/aromatic N) is 3. The van der Waals surface area contributed by atoms with Crippen molar-refractivity contribution in [2.45, 2.75) is 26.2 Å². The summed E-state index contributed by atoms with van der Waals surface area (Å²) in [4.78, 5) is 25.2. The molecule has 0 saturated heterocycles. The van der Waals surface area contributed by atoms with Gasteiger partial charge in [-0.05, 0) is 23.1 Å². The number of aromatic nitrogens is 3. The van der Waals surface area contributed by atoms with Crippen molar-refractivity contribution in [3.63, 3.8) is 0 Å². The lowest BCUT2D eigenvalue weighted by Crippen LogP contribution is -2.18. The molecular weight excluding hydrogens is 346 g/mol. The van der Waals surface area contributed by atoms with Gasteiger partial charge in [0.1, 0.15) is 5.69 Å². The highest BCUT2D eigenvalue weighted by Gasteiger charge is 2.09. The van der Waals surface area contributed by atoms with E-state index in [4.69, 9.17) is 0 Å². The van der Waals surface area contributed by atoms with Crippen molar-refractivity contribution in [1.82, 2.24) is 15.2 Å². The van der Waals surface area contributed by atoms with Crippen LogP contribution in [-0.4, -0.2) is 20.1 Å². The molecule has 0 bridgehead atoms. The Balaban J connectivity index is 1.75. The third-order valence-corrected chi connectivity index (χ3v) is 4.10. The summed E-state index contributed by atoms with van der Waals surface area (Å²) >= 11 is 0. The minimum atomic E-state index is -0.493. The summed E-state index contributed by atoms with van der Waals surface area (Å²) in [5.41, 5.74) is 2.53. The molecule has 2 N–H and O–H groups in total. The number of nitrogens with one attached hydrogen (secondary N) is 2. The van der Waals surface area contributed by atoms with Gasteiger partial charge in [0.15, 0.2) is 0 Å². The van der Waals surface area contributed by atoms with Crippen LogP contribution >= 0.6 is 0 Å². The molecule has 0 unspecified atom stereocenters. The van der Waals surface area contributed by atoms with Gasteiger partial charge in [-0.1, -0.05) is 44.2 Å². The van der Waals surface area contributed by atoms with Crippen LogP contribution in [0.4, 0.5) is 17.3 Å². The van der Waals surface area contributed by atoms with E-state index in [0.717, 1.165) is 5.56 Å². The van der Waals surface area contributed by atoms with Crippen LogP contribution in [0.25, 0.3) is 0 Å². The van der Waals surface area contributed by atoms with E-state index in [1.54, 1.807) is 12.1 Å². The first-order chi connectivity index (χ1) is 12.9. The summed E-state index contributed by atoms with van der Waals surface area (Å²) in [7, 11) is 0. The maximum atomic E-state index is 12.3. The molecule has 3 aromatic rings. The monoisotopic (exact) mass is 365 g/mol. The van der Waals surface area contributed by atoms with Gasteiger partial charge < -0.3 is 5.32 Å². The molecule has 0 aliphatic heterocycles. The lowest BCUT2D eigenvalue weighted by Gasteiger charge is -2.07. The largest absolute Gasteiger partial charge is 0.324 e. The highest BCUT2D eigenvalue weighted by Crippen LogP contribution is 2.19. The standard InChI is InChI=1S/C19H19N5O3/c1-12(2)14-8-6-13(7-9-14)10-17-18(25)21-19(23-22-17)20-15-4-3-5-16(11-15)24(26)27/h3-9,11-12H,10H2,1-2H3,(H2,20,21,23,25). The van der Waals surface area contributed by atoms with Gasteiger partial charge in [0, 0.05) is 24.2 Å². The summed E-state index contributed by atoms with van der Waals surface area (Å²) in [6.45, 7) is 4.25. The van der Waals surface area contributed by atoms with Crippen LogP contribution in [0.2, 0.25) is 0 Å². The van der Waals surface area contributed by atoms with Crippen molar-refractivity contribution in [3.05, 3.63) is 85.8 Å². The number of rotatable bonds is 6. The van der Waals surface area contributed by atoms with Gasteiger partial charge in [0.05, 0.1) is 4.92 Å². The van der Waals surface area contributed by atoms with E-state index in [1.807, 2.05) is 24.3 Å². The van der Waals surface area contributed by atoms with Crippen LogP contribution in [0.5, 0.6) is 0 Å². The number of hydrogen-bond donors (Lipinski definition) is 2. The fourth-order valence-electron chi connectivity index (χ4n) is 2.58. The Morgan fingerprint density at radius 3 is 2.52 bits per heavy atom. The van der Waals surface area contributed by atoms with Gasteiger partial charge in [-0.25, -0.2) is 0 Å². The quantitative estimate of drug-likeness (QED) is 0.510. The number of H-pyrrole nitrogens is 1. The lowest BCUT2D eigenvalue weighted by molar-refractivity contribution is -0.384. The Labute approximate surface area is 155 Å². The number of nitro groups is 1. The summed E-state index contributed by atoms with van der Waals surface area (Å²) in [6.07, 6.45) is 0.373. The first kappa shape index (κ1) is 18.2. The molecule has 1 heterocycles. The smallest absolute Gasteiger partial charge is 0.274 e. The van der Waals surface area contributed by atoms with Crippen LogP contribution in [0.15, 0.2) is 53.3 Å². The number of aromatic amines is 1. The van der Waals surface area contributed by atoms with Crippen molar-refractivity contribution >= 4 is 17.3 Å². The van der Waals surface area contributed by atoms with Crippen LogP contribution in [-0.2, 0) is 6.42 Å². The molecule has 27 heavy (non-hydrogen) atoms. The number of anilines is 2. The molecule has 0 atom stereocenters. The second kappa shape index (κ2) is 7.77. The second-order valence-corrected chi connectivity index (χ2v) is 6.45. The molecule has 0 spiro atoms. The summed E-state index contributed by atoms with van der Waals surface area (Å²) in [5, 5.41) is 21.6. The van der Waals surface area contributed by atoms with Crippen molar-refractivity contribution in [2.24, 2.45) is 0 Å². The van der Waals surface area contributed by atoms with E-state index in [9.17, 15) is 14.9 Å². The Hall–Kier alpha value is -3.55. The zero-order chi connectivity index (χ0) is 19.4. The molecule has 0 radical (unpaired) electrons. The molecule has 0 aliphatic rings. The van der Waals surface area contributed by atoms with Crippen molar-refractivity contribution in [1.29, 1.82) is 0 Å². The van der Waals surface area contributed by atoms with E-state index in [0.29, 0.717) is 23.7 Å². The molecule has 0 aliphatic carbocycles. The minimum Gasteiger partial charge on any atom is -0.324 e. The molecule has 2 aromatic carbocycles. The van der Waals surface area contributed by atoms with Crippen LogP contribution in [0, 0.1) is 10.1 Å². The molecule has 8 heteroatoms. The second-order valence-electron chi connectivity index (χ2n) is 6.45. The third kappa shape index (κ3) is 4.55. The van der Waals surface area contributed by atoms with Crippen LogP contribution < -0.4 is 10.9 Å². The molecule has 8 nitrogen and oxygen atoms in total. The van der Waals surface area contributed by atoms with Crippen LogP contribution in [0.3, 0.4) is 0 Å². The number of nitro benzene ring substituents is 1. The van der Waals surface area contributed by atoms with E-state index >= 15 is 0 Å². The topological polar surface area (TPSA) is 114 Å². The maximum Gasteiger partial charge on any atom is 0.274 e. The Morgan fingerprint density at radius 1 is 1.15 bits per heavy atom. The lowest BCUT2D eigenvalue weighted by atomic mass is 10.0. The number of benzene rings is 2. The predicted molar refractivity (Wildman–Crippen MR) is 102 cm³/mol. The van der Waals surface area contributed by atoms with E-state index in [1.165, 1.54) is 17.7 Å². The minimum absolute atomic E-state index is 0.0585. The van der Waals surface area contributed by atoms with E-state index < -0.39 is 4.92 Å². The molecule has 1 aromatic heterocycles. The molecule has 0 amide bonds. The summed E-state index contributed by atoms with van der Waals surface area (Å²) < 4.78 is 0. The Kier molecular flexibility index (Phi) is 5.25. The first-order valence-electron chi connectivity index (χ1n) is 8.48. The van der Waals surface area contributed by atoms with Gasteiger partial charge in [-0.2, -0.15) is 0 Å². The fraction of sp³-hybridized carbons (Fsp3) is 0.211. The van der Waals surface area contributed by atoms with Gasteiger partial charge in [-0.3, -0.25) is 19.9 Å². The zero-order valence-corrected chi connectivity index (χ0v) is 15.0. The van der Waals surface area contributed by atoms with Crippen molar-refractivity contribution in [3.8, 4) is 0 Å². The summed E-state index contributed by atoms with van der Waals surface area (Å²) in [6, 6.07) is 14.0. The number of hydrogen-bond acceptors (Lipinski definition) is 6. The predicted octanol–water partition coefficient (Wildman–Crippen LogP) is 3.53. The number of non-ortho nitro benzene ring substituents is 1. The summed E-state index contributed by atoms with van der Waals surface area (Å²) in [5.74, 6) is 0.570. The third-order valence-electron chi connectivity index (χ3n) is 4.10. The van der Waals surface area contributed by atoms with Gasteiger partial charge in [0.25, 0.3) is 11.2 Å². The highest BCUT2D eigenvalue weighted by atomic mass is 16.6. The van der Waals surface area contributed by atoms with Gasteiger partial charge in [0.2, 0.25) is 5.95 Å². The van der Waals surface area contributed by atoms with E-state index in [2.05, 4.69) is 34.3 Å². The molecule has 0 fully saturated rings. The Bertz CT molecular complexity index is 1010.